The van der Waals surface area contributed by atoms with Crippen LogP contribution in [0.5, 0.6) is 0 Å². The van der Waals surface area contributed by atoms with Crippen molar-refractivity contribution in [1.29, 1.82) is 0 Å². The van der Waals surface area contributed by atoms with Gasteiger partial charge in [0.25, 0.3) is 11.8 Å². The lowest BCUT2D eigenvalue weighted by Gasteiger charge is -2.10. The van der Waals surface area contributed by atoms with Crippen LogP contribution >= 0.6 is 0 Å². The highest BCUT2D eigenvalue weighted by atomic mass is 16.2. The van der Waals surface area contributed by atoms with Crippen molar-refractivity contribution >= 4 is 23.2 Å². The molecule has 0 radical (unpaired) electrons. The fraction of sp³-hybridized carbons (Fsp3) is 0.0256. The average molecular weight is 559 g/mol. The van der Waals surface area contributed by atoms with Crippen molar-refractivity contribution in [1.82, 2.24) is 0 Å². The third kappa shape index (κ3) is 6.95. The van der Waals surface area contributed by atoms with Crippen molar-refractivity contribution < 1.29 is 9.59 Å². The molecule has 6 aromatic rings. The molecule has 0 unspecified atom stereocenters. The summed E-state index contributed by atoms with van der Waals surface area (Å²) in [4.78, 5) is 25.7. The summed E-state index contributed by atoms with van der Waals surface area (Å²) in [6.07, 6.45) is 0.699. The van der Waals surface area contributed by atoms with Gasteiger partial charge in [0, 0.05) is 22.5 Å². The summed E-state index contributed by atoms with van der Waals surface area (Å²) in [6.45, 7) is 0. The molecule has 0 aromatic heterocycles. The number of anilines is 2. The van der Waals surface area contributed by atoms with Crippen molar-refractivity contribution in [2.24, 2.45) is 0 Å². The Morgan fingerprint density at radius 3 is 1.37 bits per heavy atom. The highest BCUT2D eigenvalue weighted by Gasteiger charge is 2.09. The van der Waals surface area contributed by atoms with Crippen LogP contribution in [-0.4, -0.2) is 11.8 Å². The second-order valence-corrected chi connectivity index (χ2v) is 10.4. The van der Waals surface area contributed by atoms with Crippen LogP contribution in [-0.2, 0) is 6.42 Å². The van der Waals surface area contributed by atoms with Crippen LogP contribution in [0.25, 0.3) is 22.3 Å². The first-order valence-corrected chi connectivity index (χ1v) is 14.2. The van der Waals surface area contributed by atoms with Gasteiger partial charge in [0.1, 0.15) is 0 Å². The van der Waals surface area contributed by atoms with Gasteiger partial charge in [-0.1, -0.05) is 109 Å². The topological polar surface area (TPSA) is 58.2 Å². The van der Waals surface area contributed by atoms with Gasteiger partial charge in [-0.3, -0.25) is 9.59 Å². The zero-order valence-corrected chi connectivity index (χ0v) is 23.5. The van der Waals surface area contributed by atoms with Crippen molar-refractivity contribution in [3.63, 3.8) is 0 Å². The second kappa shape index (κ2) is 12.8. The SMILES string of the molecule is O=C(Nc1ccc(Cc2cccc(NC(=O)c3ccc(-c4ccccc4)cc3)c2)cc1)c1ccc(-c2ccccc2)cc1. The number of carbonyl (C=O) groups is 2. The van der Waals surface area contributed by atoms with Crippen LogP contribution in [0.2, 0.25) is 0 Å². The smallest absolute Gasteiger partial charge is 0.255 e. The molecule has 2 N–H and O–H groups in total. The monoisotopic (exact) mass is 558 g/mol. The van der Waals surface area contributed by atoms with Crippen LogP contribution in [0.15, 0.2) is 158 Å². The van der Waals surface area contributed by atoms with E-state index in [1.54, 1.807) is 0 Å². The lowest BCUT2D eigenvalue weighted by molar-refractivity contribution is 0.101. The summed E-state index contributed by atoms with van der Waals surface area (Å²) in [7, 11) is 0. The molecule has 0 aliphatic carbocycles. The lowest BCUT2D eigenvalue weighted by Crippen LogP contribution is -2.12. The number of hydrogen-bond acceptors (Lipinski definition) is 2. The summed E-state index contributed by atoms with van der Waals surface area (Å²) in [5.41, 5.74) is 9.25. The van der Waals surface area contributed by atoms with Crippen molar-refractivity contribution in [2.45, 2.75) is 6.42 Å². The Bertz CT molecular complexity index is 1830. The quantitative estimate of drug-likeness (QED) is 0.196. The maximum atomic E-state index is 12.9. The van der Waals surface area contributed by atoms with Gasteiger partial charge in [0.05, 0.1) is 0 Å². The van der Waals surface area contributed by atoms with E-state index in [-0.39, 0.29) is 11.8 Å². The van der Waals surface area contributed by atoms with Crippen LogP contribution in [0, 0.1) is 0 Å². The normalized spacial score (nSPS) is 10.6. The number of carbonyl (C=O) groups excluding carboxylic acids is 2. The first kappa shape index (κ1) is 27.4. The Labute approximate surface area is 251 Å². The van der Waals surface area contributed by atoms with Crippen molar-refractivity contribution in [3.8, 4) is 22.3 Å². The molecular weight excluding hydrogens is 528 g/mol. The van der Waals surface area contributed by atoms with Crippen molar-refractivity contribution in [2.75, 3.05) is 10.6 Å². The van der Waals surface area contributed by atoms with Crippen LogP contribution in [0.3, 0.4) is 0 Å². The summed E-state index contributed by atoms with van der Waals surface area (Å²) in [5, 5.41) is 6.00. The minimum Gasteiger partial charge on any atom is -0.322 e. The molecule has 2 amide bonds. The number of benzene rings is 6. The van der Waals surface area contributed by atoms with Gasteiger partial charge in [0.15, 0.2) is 0 Å². The maximum Gasteiger partial charge on any atom is 0.255 e. The Morgan fingerprint density at radius 1 is 0.395 bits per heavy atom. The van der Waals surface area contributed by atoms with E-state index >= 15 is 0 Å². The fourth-order valence-electron chi connectivity index (χ4n) is 5.00. The van der Waals surface area contributed by atoms with Crippen molar-refractivity contribution in [3.05, 3.63) is 180 Å². The lowest BCUT2D eigenvalue weighted by atomic mass is 10.0. The third-order valence-corrected chi connectivity index (χ3v) is 7.31. The highest BCUT2D eigenvalue weighted by Crippen LogP contribution is 2.22. The summed E-state index contributed by atoms with van der Waals surface area (Å²) >= 11 is 0. The number of rotatable bonds is 8. The number of amides is 2. The molecule has 0 atom stereocenters. The van der Waals surface area contributed by atoms with E-state index in [1.807, 2.05) is 133 Å². The van der Waals surface area contributed by atoms with E-state index in [9.17, 15) is 9.59 Å². The number of hydrogen-bond donors (Lipinski definition) is 2. The van der Waals surface area contributed by atoms with Gasteiger partial charge in [0.2, 0.25) is 0 Å². The summed E-state index contributed by atoms with van der Waals surface area (Å²) in [5.74, 6) is -0.294. The van der Waals surface area contributed by atoms with Gasteiger partial charge in [-0.15, -0.1) is 0 Å². The van der Waals surface area contributed by atoms with Gasteiger partial charge in [-0.25, -0.2) is 0 Å². The molecule has 0 saturated heterocycles. The van der Waals surface area contributed by atoms with E-state index in [1.165, 1.54) is 0 Å². The van der Waals surface area contributed by atoms with Gasteiger partial charge < -0.3 is 10.6 Å². The molecule has 0 heterocycles. The summed E-state index contributed by atoms with van der Waals surface area (Å²) < 4.78 is 0. The molecule has 0 fully saturated rings. The molecule has 0 aliphatic rings. The molecule has 208 valence electrons. The fourth-order valence-corrected chi connectivity index (χ4v) is 5.00. The standard InChI is InChI=1S/C39H30N2O2/c42-38(34-20-16-32(17-21-34)30-9-3-1-4-10-30)40-36-24-14-28(15-25-36)26-29-8-7-13-37(27-29)41-39(43)35-22-18-33(19-23-35)31-11-5-2-6-12-31/h1-25,27H,26H2,(H,40,42)(H,41,43). The highest BCUT2D eigenvalue weighted by molar-refractivity contribution is 6.05. The molecule has 4 heteroatoms. The van der Waals surface area contributed by atoms with E-state index in [4.69, 9.17) is 0 Å². The molecular formula is C39H30N2O2. The molecule has 43 heavy (non-hydrogen) atoms. The van der Waals surface area contributed by atoms with E-state index in [0.29, 0.717) is 17.5 Å². The molecule has 4 nitrogen and oxygen atoms in total. The van der Waals surface area contributed by atoms with Gasteiger partial charge in [-0.2, -0.15) is 0 Å². The predicted molar refractivity (Wildman–Crippen MR) is 175 cm³/mol. The van der Waals surface area contributed by atoms with E-state index < -0.39 is 0 Å². The molecule has 0 bridgehead atoms. The minimum atomic E-state index is -0.148. The van der Waals surface area contributed by atoms with Crippen LogP contribution in [0.1, 0.15) is 31.8 Å². The first-order chi connectivity index (χ1) is 21.1. The van der Waals surface area contributed by atoms with E-state index in [2.05, 4.69) is 34.9 Å². The Balaban J connectivity index is 1.04. The maximum absolute atomic E-state index is 12.9. The molecule has 0 spiro atoms. The second-order valence-electron chi connectivity index (χ2n) is 10.4. The summed E-state index contributed by atoms with van der Waals surface area (Å²) in [6, 6.07) is 51.1. The van der Waals surface area contributed by atoms with Gasteiger partial charge in [-0.05, 0) is 88.3 Å². The predicted octanol–water partition coefficient (Wildman–Crippen LogP) is 9.12. The molecule has 6 rings (SSSR count). The van der Waals surface area contributed by atoms with Crippen LogP contribution in [0.4, 0.5) is 11.4 Å². The molecule has 0 aliphatic heterocycles. The Kier molecular flexibility index (Phi) is 8.19. The third-order valence-electron chi connectivity index (χ3n) is 7.31. The largest absolute Gasteiger partial charge is 0.322 e. The first-order valence-electron chi connectivity index (χ1n) is 14.2. The Morgan fingerprint density at radius 2 is 0.860 bits per heavy atom. The minimum absolute atomic E-state index is 0.147. The average Bonchev–Trinajstić information content (AvgIpc) is 3.07. The van der Waals surface area contributed by atoms with E-state index in [0.717, 1.165) is 44.8 Å². The van der Waals surface area contributed by atoms with Gasteiger partial charge >= 0.3 is 0 Å². The molecule has 6 aromatic carbocycles. The zero-order valence-electron chi connectivity index (χ0n) is 23.5. The number of nitrogens with one attached hydrogen (secondary N) is 2. The Hall–Kier alpha value is -5.74. The molecule has 0 saturated carbocycles. The van der Waals surface area contributed by atoms with Crippen LogP contribution < -0.4 is 10.6 Å². The zero-order chi connectivity index (χ0) is 29.4.